The lowest BCUT2D eigenvalue weighted by Crippen LogP contribution is -2.28. The van der Waals surface area contributed by atoms with Crippen molar-refractivity contribution in [1.29, 1.82) is 0 Å². The summed E-state index contributed by atoms with van der Waals surface area (Å²) in [7, 11) is 0. The van der Waals surface area contributed by atoms with E-state index >= 15 is 0 Å². The van der Waals surface area contributed by atoms with Crippen molar-refractivity contribution in [2.24, 2.45) is 0 Å². The molecule has 4 rings (SSSR count). The van der Waals surface area contributed by atoms with Crippen LogP contribution in [-0.2, 0) is 40.4 Å². The average Bonchev–Trinajstić information content (AvgIpc) is 4.00. The second-order valence-electron chi connectivity index (χ2n) is 13.1. The molecule has 0 spiro atoms. The summed E-state index contributed by atoms with van der Waals surface area (Å²) in [5, 5.41) is 8.54. The normalized spacial score (nSPS) is 15.9. The highest BCUT2D eigenvalue weighted by Crippen LogP contribution is 2.27. The minimum Gasteiger partial charge on any atom is -0.394 e. The Hall–Kier alpha value is -2.62. The number of benzene rings is 3. The summed E-state index contributed by atoms with van der Waals surface area (Å²) < 4.78 is 32.4. The van der Waals surface area contributed by atoms with Crippen molar-refractivity contribution in [3.05, 3.63) is 107 Å². The Bertz CT molecular complexity index is 1190. The van der Waals surface area contributed by atoms with Gasteiger partial charge in [0.1, 0.15) is 6.10 Å². The van der Waals surface area contributed by atoms with E-state index in [9.17, 15) is 0 Å². The quantitative estimate of drug-likeness (QED) is 0.0786. The highest BCUT2D eigenvalue weighted by Gasteiger charge is 2.24. The van der Waals surface area contributed by atoms with Crippen molar-refractivity contribution in [2.45, 2.75) is 90.8 Å². The molecule has 0 amide bonds. The van der Waals surface area contributed by atoms with Crippen molar-refractivity contribution in [3.8, 4) is 0 Å². The molecule has 4 unspecified atom stereocenters. The third-order valence-electron chi connectivity index (χ3n) is 9.14. The van der Waals surface area contributed by atoms with E-state index in [1.807, 2.05) is 6.07 Å². The molecule has 0 saturated carbocycles. The number of hydrogen-bond acceptors (Lipinski definition) is 7. The van der Waals surface area contributed by atoms with E-state index in [1.54, 1.807) is 0 Å². The van der Waals surface area contributed by atoms with Crippen LogP contribution in [0.3, 0.4) is 0 Å². The highest BCUT2D eigenvalue weighted by atomic mass is 16.6. The van der Waals surface area contributed by atoms with Gasteiger partial charge in [0.2, 0.25) is 0 Å². The van der Waals surface area contributed by atoms with Gasteiger partial charge in [-0.25, -0.2) is 0 Å². The molecule has 50 heavy (non-hydrogen) atoms. The lowest BCUT2D eigenvalue weighted by molar-refractivity contribution is -0.0106. The Balaban J connectivity index is 0.000000284. The Morgan fingerprint density at radius 1 is 0.660 bits per heavy atom. The zero-order chi connectivity index (χ0) is 36.3. The zero-order valence-corrected chi connectivity index (χ0v) is 31.8. The predicted octanol–water partition coefficient (Wildman–Crippen LogP) is 8.73. The summed E-state index contributed by atoms with van der Waals surface area (Å²) in [5.41, 5.74) is 5.46. The Morgan fingerprint density at radius 3 is 1.62 bits per heavy atom. The van der Waals surface area contributed by atoms with E-state index in [0.717, 1.165) is 19.6 Å². The maximum absolute atomic E-state index is 8.54. The molecule has 7 heteroatoms. The minimum atomic E-state index is 0.0406. The smallest absolute Gasteiger partial charge is 0.104 e. The van der Waals surface area contributed by atoms with Crippen molar-refractivity contribution >= 4 is 0 Å². The largest absolute Gasteiger partial charge is 0.394 e. The average molecular weight is 695 g/mol. The van der Waals surface area contributed by atoms with Crippen LogP contribution >= 0.6 is 0 Å². The van der Waals surface area contributed by atoms with Gasteiger partial charge >= 0.3 is 0 Å². The zero-order valence-electron chi connectivity index (χ0n) is 31.8. The molecule has 0 aliphatic carbocycles. The summed E-state index contributed by atoms with van der Waals surface area (Å²) >= 11 is 0. The fourth-order valence-electron chi connectivity index (χ4n) is 4.92. The maximum atomic E-state index is 8.54. The van der Waals surface area contributed by atoms with E-state index in [4.69, 9.17) is 33.5 Å². The standard InChI is InChI=1S/C19H32O5.C14H20O2.C10H14/c1-3-19(2,18-7-5-4-6-8-18)17-24-16-15-23-14-13-22-12-11-21-10-9-20;1-3-11(2)13-6-4-12(5-7-13)8-15-9-14-10-16-14;1-3-9(2)10-7-5-4-6-8-10/h4-8,20H,3,9-17H2,1-2H3;4-7,11,14H,3,8-10H2,1-2H3;4-9H,3H2,1-2H3. The first-order valence-electron chi connectivity index (χ1n) is 18.7. The number of epoxide rings is 1. The van der Waals surface area contributed by atoms with Crippen LogP contribution in [0.15, 0.2) is 84.9 Å². The molecule has 1 saturated heterocycles. The van der Waals surface area contributed by atoms with Crippen molar-refractivity contribution in [1.82, 2.24) is 0 Å². The fraction of sp³-hybridized carbons (Fsp3) is 0.581. The van der Waals surface area contributed by atoms with Gasteiger partial charge in [-0.1, -0.05) is 126 Å². The van der Waals surface area contributed by atoms with Gasteiger partial charge in [0.05, 0.1) is 79.3 Å². The van der Waals surface area contributed by atoms with Crippen LogP contribution in [0.5, 0.6) is 0 Å². The number of hydrogen-bond donors (Lipinski definition) is 1. The molecular formula is C43H66O7. The third-order valence-corrected chi connectivity index (χ3v) is 9.14. The fourth-order valence-corrected chi connectivity index (χ4v) is 4.92. The number of rotatable bonds is 23. The number of ether oxygens (including phenoxy) is 6. The molecule has 7 nitrogen and oxygen atoms in total. The lowest BCUT2D eigenvalue weighted by atomic mass is 9.81. The highest BCUT2D eigenvalue weighted by molar-refractivity contribution is 5.25. The molecule has 3 aromatic carbocycles. The molecule has 1 aliphatic rings. The van der Waals surface area contributed by atoms with Gasteiger partial charge in [-0.15, -0.1) is 0 Å². The molecule has 4 atom stereocenters. The summed E-state index contributed by atoms with van der Waals surface area (Å²) in [5.74, 6) is 1.36. The van der Waals surface area contributed by atoms with E-state index in [2.05, 4.69) is 120 Å². The molecule has 1 aliphatic heterocycles. The predicted molar refractivity (Wildman–Crippen MR) is 204 cm³/mol. The van der Waals surface area contributed by atoms with Crippen LogP contribution in [0.1, 0.15) is 94.9 Å². The molecule has 0 bridgehead atoms. The summed E-state index contributed by atoms with van der Waals surface area (Å²) in [6.07, 6.45) is 3.81. The Morgan fingerprint density at radius 2 is 1.14 bits per heavy atom. The topological polar surface area (TPSA) is 78.9 Å². The van der Waals surface area contributed by atoms with Gasteiger partial charge in [-0.05, 0) is 53.4 Å². The third kappa shape index (κ3) is 19.1. The van der Waals surface area contributed by atoms with Crippen LogP contribution in [-0.4, -0.2) is 83.9 Å². The molecule has 280 valence electrons. The van der Waals surface area contributed by atoms with Gasteiger partial charge in [0.25, 0.3) is 0 Å². The number of aliphatic hydroxyl groups is 1. The Kier molecular flexibility index (Phi) is 23.6. The van der Waals surface area contributed by atoms with E-state index in [1.165, 1.54) is 35.1 Å². The first-order chi connectivity index (χ1) is 24.4. The van der Waals surface area contributed by atoms with Crippen LogP contribution in [0, 0.1) is 0 Å². The first kappa shape index (κ1) is 43.5. The maximum Gasteiger partial charge on any atom is 0.104 e. The van der Waals surface area contributed by atoms with Crippen molar-refractivity contribution in [2.75, 3.05) is 72.7 Å². The van der Waals surface area contributed by atoms with E-state index in [-0.39, 0.29) is 12.0 Å². The van der Waals surface area contributed by atoms with Crippen LogP contribution in [0.4, 0.5) is 0 Å². The molecule has 1 fully saturated rings. The molecule has 1 heterocycles. The second-order valence-corrected chi connectivity index (χ2v) is 13.1. The van der Waals surface area contributed by atoms with Crippen LogP contribution < -0.4 is 0 Å². The van der Waals surface area contributed by atoms with Gasteiger partial charge in [0.15, 0.2) is 0 Å². The van der Waals surface area contributed by atoms with Gasteiger partial charge in [-0.2, -0.15) is 0 Å². The van der Waals surface area contributed by atoms with Gasteiger partial charge < -0.3 is 33.5 Å². The monoisotopic (exact) mass is 694 g/mol. The summed E-state index contributed by atoms with van der Waals surface area (Å²) in [6, 6.07) is 29.9. The van der Waals surface area contributed by atoms with Crippen molar-refractivity contribution < 1.29 is 33.5 Å². The molecule has 0 aromatic heterocycles. The first-order valence-corrected chi connectivity index (χ1v) is 18.7. The van der Waals surface area contributed by atoms with Crippen LogP contribution in [0.25, 0.3) is 0 Å². The van der Waals surface area contributed by atoms with Gasteiger partial charge in [0, 0.05) is 5.41 Å². The molecule has 0 radical (unpaired) electrons. The van der Waals surface area contributed by atoms with Gasteiger partial charge in [-0.3, -0.25) is 0 Å². The SMILES string of the molecule is CCC(C)(COCCOCCOCCOCCO)c1ccccc1.CCC(C)c1ccc(COCC2CO2)cc1.CCC(C)c1ccccc1. The molecule has 3 aromatic rings. The van der Waals surface area contributed by atoms with Crippen LogP contribution in [0.2, 0.25) is 0 Å². The number of aliphatic hydroxyl groups excluding tert-OH is 1. The second kappa shape index (κ2) is 27.1. The molecular weight excluding hydrogens is 628 g/mol. The van der Waals surface area contributed by atoms with E-state index in [0.29, 0.717) is 77.4 Å². The minimum absolute atomic E-state index is 0.0406. The summed E-state index contributed by atoms with van der Waals surface area (Å²) in [6.45, 7) is 20.0. The van der Waals surface area contributed by atoms with Crippen molar-refractivity contribution in [3.63, 3.8) is 0 Å². The molecule has 1 N–H and O–H groups in total. The van der Waals surface area contributed by atoms with E-state index < -0.39 is 0 Å². The lowest BCUT2D eigenvalue weighted by Gasteiger charge is -2.28. The Labute approximate surface area is 303 Å². The summed E-state index contributed by atoms with van der Waals surface area (Å²) in [4.78, 5) is 0.